The molecule has 228 valence electrons. The second-order valence-electron chi connectivity index (χ2n) is 9.63. The lowest BCUT2D eigenvalue weighted by molar-refractivity contribution is -0.384. The number of nitro benzene ring substituents is 1. The van der Waals surface area contributed by atoms with Gasteiger partial charge in [-0.05, 0) is 31.5 Å². The standard InChI is InChI=1S/C24H24N6O12S/c1-23(2,21(36)39-9-12-3-5-13(6-4-12)30(37)38)42-28-17(15-11-43-22(25)27-15)18(32)26-14-10-40-29(19(14)33)24(20(34)35)8-7-16(31)41-24/h3-6,11,14H,7-10H2,1-2H3,(H2,25,27)(H,26,32)(H,34,35)/t14-,24?/m0/s1. The molecule has 2 amide bonds. The molecule has 0 aliphatic carbocycles. The van der Waals surface area contributed by atoms with Crippen LogP contribution in [0.5, 0.6) is 0 Å². The number of hydrogen-bond donors (Lipinski definition) is 3. The Morgan fingerprint density at radius 1 is 1.33 bits per heavy atom. The Morgan fingerprint density at radius 3 is 2.58 bits per heavy atom. The van der Waals surface area contributed by atoms with Gasteiger partial charge in [0.25, 0.3) is 17.5 Å². The number of carboxylic acid groups (broad SMARTS) is 1. The molecule has 0 radical (unpaired) electrons. The fourth-order valence-corrected chi connectivity index (χ4v) is 4.36. The largest absolute Gasteiger partial charge is 0.477 e. The lowest BCUT2D eigenvalue weighted by atomic mass is 10.1. The van der Waals surface area contributed by atoms with E-state index in [-0.39, 0.29) is 36.0 Å². The number of aliphatic carboxylic acids is 1. The van der Waals surface area contributed by atoms with Crippen molar-refractivity contribution in [2.75, 3.05) is 12.3 Å². The average molecular weight is 621 g/mol. The molecule has 1 aromatic heterocycles. The molecule has 2 atom stereocenters. The van der Waals surface area contributed by atoms with Gasteiger partial charge in [-0.3, -0.25) is 29.3 Å². The molecule has 18 nitrogen and oxygen atoms in total. The summed E-state index contributed by atoms with van der Waals surface area (Å²) in [5.74, 6) is -5.38. The third-order valence-corrected chi connectivity index (χ3v) is 6.81. The fraction of sp³-hybridized carbons (Fsp3) is 0.375. The summed E-state index contributed by atoms with van der Waals surface area (Å²) in [5.41, 5.74) is 1.33. The summed E-state index contributed by atoms with van der Waals surface area (Å²) in [6, 6.07) is 3.92. The van der Waals surface area contributed by atoms with Gasteiger partial charge in [0.05, 0.1) is 11.3 Å². The Kier molecular flexibility index (Phi) is 8.57. The number of esters is 2. The number of oxime groups is 1. The Morgan fingerprint density at radius 2 is 2.02 bits per heavy atom. The zero-order chi connectivity index (χ0) is 31.5. The van der Waals surface area contributed by atoms with Gasteiger partial charge in [0.1, 0.15) is 24.9 Å². The van der Waals surface area contributed by atoms with Crippen molar-refractivity contribution in [2.24, 2.45) is 5.16 Å². The predicted octanol–water partition coefficient (Wildman–Crippen LogP) is 0.253. The number of aromatic nitrogens is 1. The number of carboxylic acids is 1. The first-order valence-electron chi connectivity index (χ1n) is 12.3. The molecule has 0 spiro atoms. The average Bonchev–Trinajstić information content (AvgIpc) is 3.66. The van der Waals surface area contributed by atoms with E-state index < -0.39 is 64.3 Å². The summed E-state index contributed by atoms with van der Waals surface area (Å²) in [7, 11) is 0. The molecule has 1 aromatic carbocycles. The molecule has 4 N–H and O–H groups in total. The van der Waals surface area contributed by atoms with Crippen LogP contribution in [0.25, 0.3) is 0 Å². The summed E-state index contributed by atoms with van der Waals surface area (Å²) >= 11 is 0.965. The number of rotatable bonds is 11. The van der Waals surface area contributed by atoms with Gasteiger partial charge >= 0.3 is 23.6 Å². The number of nitrogens with two attached hydrogens (primary N) is 1. The van der Waals surface area contributed by atoms with Gasteiger partial charge in [0.2, 0.25) is 5.60 Å². The maximum absolute atomic E-state index is 13.2. The van der Waals surface area contributed by atoms with Crippen LogP contribution >= 0.6 is 11.3 Å². The number of non-ortho nitro benzene ring substituents is 1. The molecule has 19 heteroatoms. The maximum Gasteiger partial charge on any atom is 0.372 e. The van der Waals surface area contributed by atoms with E-state index in [1.807, 2.05) is 0 Å². The zero-order valence-electron chi connectivity index (χ0n) is 22.5. The van der Waals surface area contributed by atoms with E-state index in [1.165, 1.54) is 43.5 Å². The molecule has 2 aromatic rings. The highest BCUT2D eigenvalue weighted by Gasteiger charge is 2.59. The number of amides is 2. The Hall–Kier alpha value is -5.17. The van der Waals surface area contributed by atoms with Gasteiger partial charge in [-0.25, -0.2) is 14.6 Å². The summed E-state index contributed by atoms with van der Waals surface area (Å²) in [6.07, 6.45) is -0.621. The monoisotopic (exact) mass is 620 g/mol. The van der Waals surface area contributed by atoms with Crippen LogP contribution in [0, 0.1) is 10.1 Å². The quantitative estimate of drug-likeness (QED) is 0.132. The van der Waals surface area contributed by atoms with Crippen LogP contribution in [-0.4, -0.2) is 79.5 Å². The van der Waals surface area contributed by atoms with Crippen LogP contribution in [0.1, 0.15) is 37.9 Å². The number of hydrogen-bond acceptors (Lipinski definition) is 15. The number of benzene rings is 1. The molecule has 43 heavy (non-hydrogen) atoms. The van der Waals surface area contributed by atoms with Crippen LogP contribution in [-0.2, 0) is 49.7 Å². The summed E-state index contributed by atoms with van der Waals surface area (Å²) in [6.45, 7) is 1.88. The number of nitro groups is 1. The van der Waals surface area contributed by atoms with Gasteiger partial charge < -0.3 is 30.5 Å². The Bertz CT molecular complexity index is 1510. The van der Waals surface area contributed by atoms with Crippen molar-refractivity contribution in [3.05, 3.63) is 51.0 Å². The first-order chi connectivity index (χ1) is 20.2. The van der Waals surface area contributed by atoms with Crippen molar-refractivity contribution in [2.45, 2.75) is 50.7 Å². The normalized spacial score (nSPS) is 20.5. The lowest BCUT2D eigenvalue weighted by Crippen LogP contribution is -2.57. The van der Waals surface area contributed by atoms with E-state index in [0.717, 1.165) is 11.3 Å². The predicted molar refractivity (Wildman–Crippen MR) is 142 cm³/mol. The minimum Gasteiger partial charge on any atom is -0.477 e. The Balaban J connectivity index is 1.46. The van der Waals surface area contributed by atoms with E-state index in [2.05, 4.69) is 15.5 Å². The molecule has 2 aliphatic rings. The second-order valence-corrected chi connectivity index (χ2v) is 10.5. The van der Waals surface area contributed by atoms with Crippen molar-refractivity contribution in [1.82, 2.24) is 15.4 Å². The van der Waals surface area contributed by atoms with E-state index in [9.17, 15) is 39.2 Å². The minimum absolute atomic E-state index is 0.0648. The summed E-state index contributed by atoms with van der Waals surface area (Å²) in [5, 5.41) is 28.4. The third-order valence-electron chi connectivity index (χ3n) is 6.14. The molecule has 0 bridgehead atoms. The van der Waals surface area contributed by atoms with E-state index in [4.69, 9.17) is 24.9 Å². The first kappa shape index (κ1) is 30.8. The number of carbonyl (C=O) groups excluding carboxylic acids is 4. The molecule has 0 saturated carbocycles. The highest BCUT2D eigenvalue weighted by atomic mass is 32.1. The van der Waals surface area contributed by atoms with Crippen LogP contribution in [0.4, 0.5) is 10.8 Å². The third kappa shape index (κ3) is 6.51. The highest BCUT2D eigenvalue weighted by molar-refractivity contribution is 7.13. The number of nitrogens with one attached hydrogen (secondary N) is 1. The molecular formula is C24H24N6O12S. The van der Waals surface area contributed by atoms with Crippen LogP contribution in [0.2, 0.25) is 0 Å². The number of hydroxylamine groups is 2. The van der Waals surface area contributed by atoms with Crippen LogP contribution in [0.3, 0.4) is 0 Å². The van der Waals surface area contributed by atoms with Crippen molar-refractivity contribution >= 4 is 57.6 Å². The molecular weight excluding hydrogens is 596 g/mol. The molecule has 2 saturated heterocycles. The first-order valence-corrected chi connectivity index (χ1v) is 13.2. The second kappa shape index (κ2) is 12.0. The number of cyclic esters (lactones) is 1. The Labute approximate surface area is 245 Å². The number of carbonyl (C=O) groups is 5. The maximum atomic E-state index is 13.2. The number of nitrogens with zero attached hydrogens (tertiary/aromatic N) is 4. The van der Waals surface area contributed by atoms with E-state index in [1.54, 1.807) is 0 Å². The topological polar surface area (TPSA) is 252 Å². The molecule has 2 aliphatic heterocycles. The molecule has 4 rings (SSSR count). The van der Waals surface area contributed by atoms with Crippen molar-refractivity contribution in [1.29, 1.82) is 0 Å². The number of thiazole rings is 1. The summed E-state index contributed by atoms with van der Waals surface area (Å²) < 4.78 is 10.1. The molecule has 3 heterocycles. The zero-order valence-corrected chi connectivity index (χ0v) is 23.3. The van der Waals surface area contributed by atoms with Crippen LogP contribution in [0.15, 0.2) is 34.8 Å². The molecule has 2 fully saturated rings. The van der Waals surface area contributed by atoms with Gasteiger partial charge in [0, 0.05) is 23.9 Å². The van der Waals surface area contributed by atoms with Crippen molar-refractivity contribution < 1.29 is 53.2 Å². The van der Waals surface area contributed by atoms with Gasteiger partial charge in [-0.2, -0.15) is 5.06 Å². The number of nitrogen functional groups attached to an aromatic ring is 1. The van der Waals surface area contributed by atoms with Gasteiger partial charge in [-0.15, -0.1) is 11.3 Å². The smallest absolute Gasteiger partial charge is 0.372 e. The van der Waals surface area contributed by atoms with E-state index in [0.29, 0.717) is 10.6 Å². The number of ether oxygens (including phenoxy) is 2. The van der Waals surface area contributed by atoms with Gasteiger partial charge in [-0.1, -0.05) is 5.16 Å². The van der Waals surface area contributed by atoms with Crippen LogP contribution < -0.4 is 11.1 Å². The fourth-order valence-electron chi connectivity index (χ4n) is 3.81. The lowest BCUT2D eigenvalue weighted by Gasteiger charge is -2.30. The van der Waals surface area contributed by atoms with Crippen molar-refractivity contribution in [3.63, 3.8) is 0 Å². The van der Waals surface area contributed by atoms with Gasteiger partial charge in [0.15, 0.2) is 10.8 Å². The minimum atomic E-state index is -2.38. The highest BCUT2D eigenvalue weighted by Crippen LogP contribution is 2.34. The molecule has 1 unspecified atom stereocenters. The number of anilines is 1. The SMILES string of the molecule is CC(C)(ON=C(C(=O)N[C@H]1CON(C2(C(=O)O)CCC(=O)O2)C1=O)c1csc(N)n1)C(=O)OCc1ccc([N+](=O)[O-])cc1. The van der Waals surface area contributed by atoms with Crippen molar-refractivity contribution in [3.8, 4) is 0 Å². The summed E-state index contributed by atoms with van der Waals surface area (Å²) in [4.78, 5) is 87.2. The van der Waals surface area contributed by atoms with E-state index >= 15 is 0 Å².